The van der Waals surface area contributed by atoms with Crippen molar-refractivity contribution in [1.82, 2.24) is 10.3 Å². The maximum atomic E-state index is 5.18. The van der Waals surface area contributed by atoms with Crippen molar-refractivity contribution in [1.29, 1.82) is 0 Å². The van der Waals surface area contributed by atoms with Crippen molar-refractivity contribution in [2.75, 3.05) is 31.7 Å². The molecule has 0 saturated heterocycles. The largest absolute Gasteiger partial charge is 0.383 e. The van der Waals surface area contributed by atoms with Gasteiger partial charge in [-0.2, -0.15) is 0 Å². The van der Waals surface area contributed by atoms with E-state index in [1.807, 2.05) is 6.20 Å². The van der Waals surface area contributed by atoms with Gasteiger partial charge in [-0.3, -0.25) is 0 Å². The van der Waals surface area contributed by atoms with Gasteiger partial charge < -0.3 is 15.0 Å². The molecular formula is C16H29N3O. The van der Waals surface area contributed by atoms with Crippen molar-refractivity contribution >= 4 is 5.82 Å². The molecular weight excluding hydrogens is 250 g/mol. The number of anilines is 1. The van der Waals surface area contributed by atoms with Gasteiger partial charge in [0.15, 0.2) is 0 Å². The Morgan fingerprint density at radius 1 is 1.30 bits per heavy atom. The fourth-order valence-electron chi connectivity index (χ4n) is 2.06. The summed E-state index contributed by atoms with van der Waals surface area (Å²) in [5.41, 5.74) is 1.28. The van der Waals surface area contributed by atoms with E-state index in [2.05, 4.69) is 55.0 Å². The van der Waals surface area contributed by atoms with Gasteiger partial charge in [0.25, 0.3) is 0 Å². The first-order valence-electron chi connectivity index (χ1n) is 7.45. The zero-order valence-corrected chi connectivity index (χ0v) is 13.5. The average Bonchev–Trinajstić information content (AvgIpc) is 2.39. The van der Waals surface area contributed by atoms with E-state index in [9.17, 15) is 0 Å². The molecule has 0 unspecified atom stereocenters. The molecule has 0 aliphatic carbocycles. The summed E-state index contributed by atoms with van der Waals surface area (Å²) in [7, 11) is 1.73. The van der Waals surface area contributed by atoms with Crippen molar-refractivity contribution in [3.63, 3.8) is 0 Å². The van der Waals surface area contributed by atoms with Crippen molar-refractivity contribution in [3.8, 4) is 0 Å². The molecule has 114 valence electrons. The predicted octanol–water partition coefficient (Wildman–Crippen LogP) is 2.69. The van der Waals surface area contributed by atoms with E-state index >= 15 is 0 Å². The highest BCUT2D eigenvalue weighted by atomic mass is 16.5. The Hall–Kier alpha value is -1.13. The molecule has 1 heterocycles. The van der Waals surface area contributed by atoms with Crippen molar-refractivity contribution in [2.45, 2.75) is 40.3 Å². The Labute approximate surface area is 123 Å². The van der Waals surface area contributed by atoms with Crippen molar-refractivity contribution in [2.24, 2.45) is 5.92 Å². The van der Waals surface area contributed by atoms with Gasteiger partial charge >= 0.3 is 0 Å². The topological polar surface area (TPSA) is 37.4 Å². The number of rotatable bonds is 9. The second-order valence-electron chi connectivity index (χ2n) is 5.83. The van der Waals surface area contributed by atoms with Crippen LogP contribution in [0.15, 0.2) is 18.3 Å². The number of ether oxygens (including phenoxy) is 1. The number of hydrogen-bond donors (Lipinski definition) is 1. The molecule has 1 aromatic rings. The van der Waals surface area contributed by atoms with Crippen LogP contribution in [0.2, 0.25) is 0 Å². The van der Waals surface area contributed by atoms with Crippen LogP contribution < -0.4 is 10.2 Å². The molecule has 0 saturated carbocycles. The van der Waals surface area contributed by atoms with Gasteiger partial charge in [-0.25, -0.2) is 4.98 Å². The summed E-state index contributed by atoms with van der Waals surface area (Å²) in [4.78, 5) is 6.77. The van der Waals surface area contributed by atoms with E-state index in [1.165, 1.54) is 5.56 Å². The molecule has 0 fully saturated rings. The van der Waals surface area contributed by atoms with E-state index in [0.29, 0.717) is 12.0 Å². The van der Waals surface area contributed by atoms with Gasteiger partial charge in [-0.05, 0) is 44.0 Å². The van der Waals surface area contributed by atoms with E-state index < -0.39 is 0 Å². The molecule has 1 N–H and O–H groups in total. The smallest absolute Gasteiger partial charge is 0.129 e. The summed E-state index contributed by atoms with van der Waals surface area (Å²) in [5.74, 6) is 1.70. The quantitative estimate of drug-likeness (QED) is 0.754. The lowest BCUT2D eigenvalue weighted by molar-refractivity contribution is 0.203. The summed E-state index contributed by atoms with van der Waals surface area (Å²) in [6.45, 7) is 12.3. The second-order valence-corrected chi connectivity index (χ2v) is 5.83. The number of nitrogens with zero attached hydrogens (tertiary/aromatic N) is 2. The molecule has 1 aromatic heterocycles. The summed E-state index contributed by atoms with van der Waals surface area (Å²) in [6, 6.07) is 4.66. The molecule has 4 heteroatoms. The molecule has 0 aliphatic heterocycles. The Balaban J connectivity index is 2.68. The van der Waals surface area contributed by atoms with Crippen LogP contribution in [0, 0.1) is 5.92 Å². The van der Waals surface area contributed by atoms with Crippen molar-refractivity contribution in [3.05, 3.63) is 23.9 Å². The third kappa shape index (κ3) is 5.88. The monoisotopic (exact) mass is 279 g/mol. The van der Waals surface area contributed by atoms with Gasteiger partial charge in [0, 0.05) is 32.4 Å². The standard InChI is InChI=1S/C16H29N3O/c1-13(2)11-17-12-15-6-7-18-16(10-15)19(14(3)4)8-9-20-5/h6-7,10,13-14,17H,8-9,11-12H2,1-5H3. The lowest BCUT2D eigenvalue weighted by Gasteiger charge is -2.28. The van der Waals surface area contributed by atoms with E-state index in [4.69, 9.17) is 4.74 Å². The Morgan fingerprint density at radius 3 is 2.65 bits per heavy atom. The Bertz CT molecular complexity index is 380. The SMILES string of the molecule is COCCN(c1cc(CNCC(C)C)ccn1)C(C)C. The van der Waals surface area contributed by atoms with E-state index in [0.717, 1.165) is 32.1 Å². The van der Waals surface area contributed by atoms with Gasteiger partial charge in [0.05, 0.1) is 6.61 Å². The number of hydrogen-bond acceptors (Lipinski definition) is 4. The Kier molecular flexibility index (Phi) is 7.55. The molecule has 4 nitrogen and oxygen atoms in total. The number of pyridine rings is 1. The first kappa shape index (κ1) is 16.9. The molecule has 0 atom stereocenters. The number of aromatic nitrogens is 1. The molecule has 0 aromatic carbocycles. The minimum Gasteiger partial charge on any atom is -0.383 e. The highest BCUT2D eigenvalue weighted by Gasteiger charge is 2.11. The molecule has 0 amide bonds. The van der Waals surface area contributed by atoms with Crippen LogP contribution in [0.1, 0.15) is 33.3 Å². The van der Waals surface area contributed by atoms with E-state index in [-0.39, 0.29) is 0 Å². The molecule has 0 radical (unpaired) electrons. The van der Waals surface area contributed by atoms with Crippen LogP contribution in [0.25, 0.3) is 0 Å². The average molecular weight is 279 g/mol. The normalized spacial score (nSPS) is 11.3. The van der Waals surface area contributed by atoms with E-state index in [1.54, 1.807) is 7.11 Å². The molecule has 0 spiro atoms. The summed E-state index contributed by atoms with van der Waals surface area (Å²) < 4.78 is 5.18. The highest BCUT2D eigenvalue weighted by Crippen LogP contribution is 2.15. The maximum Gasteiger partial charge on any atom is 0.129 e. The van der Waals surface area contributed by atoms with Crippen LogP contribution >= 0.6 is 0 Å². The minimum absolute atomic E-state index is 0.413. The second kappa shape index (κ2) is 8.93. The first-order valence-corrected chi connectivity index (χ1v) is 7.45. The maximum absolute atomic E-state index is 5.18. The fraction of sp³-hybridized carbons (Fsp3) is 0.688. The van der Waals surface area contributed by atoms with Crippen LogP contribution in [-0.2, 0) is 11.3 Å². The third-order valence-electron chi connectivity index (χ3n) is 3.15. The van der Waals surface area contributed by atoms with Gasteiger partial charge in [0.2, 0.25) is 0 Å². The van der Waals surface area contributed by atoms with Crippen LogP contribution in [0.3, 0.4) is 0 Å². The van der Waals surface area contributed by atoms with Crippen molar-refractivity contribution < 1.29 is 4.74 Å². The zero-order chi connectivity index (χ0) is 15.0. The lowest BCUT2D eigenvalue weighted by Crippen LogP contribution is -2.34. The molecule has 1 rings (SSSR count). The van der Waals surface area contributed by atoms with Gasteiger partial charge in [-0.15, -0.1) is 0 Å². The lowest BCUT2D eigenvalue weighted by atomic mass is 10.2. The fourth-order valence-corrected chi connectivity index (χ4v) is 2.06. The summed E-state index contributed by atoms with van der Waals surface area (Å²) in [6.07, 6.45) is 1.89. The minimum atomic E-state index is 0.413. The third-order valence-corrected chi connectivity index (χ3v) is 3.15. The van der Waals surface area contributed by atoms with Gasteiger partial charge in [-0.1, -0.05) is 13.8 Å². The van der Waals surface area contributed by atoms with Gasteiger partial charge in [0.1, 0.15) is 5.82 Å². The number of nitrogens with one attached hydrogen (secondary N) is 1. The Morgan fingerprint density at radius 2 is 2.05 bits per heavy atom. The summed E-state index contributed by atoms with van der Waals surface area (Å²) in [5, 5.41) is 3.47. The number of methoxy groups -OCH3 is 1. The highest BCUT2D eigenvalue weighted by molar-refractivity contribution is 5.41. The first-order chi connectivity index (χ1) is 9.54. The van der Waals surface area contributed by atoms with Crippen LogP contribution in [-0.4, -0.2) is 37.8 Å². The molecule has 0 bridgehead atoms. The predicted molar refractivity (Wildman–Crippen MR) is 85.1 cm³/mol. The zero-order valence-electron chi connectivity index (χ0n) is 13.5. The summed E-state index contributed by atoms with van der Waals surface area (Å²) >= 11 is 0. The molecule has 20 heavy (non-hydrogen) atoms. The van der Waals surface area contributed by atoms with Crippen LogP contribution in [0.4, 0.5) is 5.82 Å². The molecule has 0 aliphatic rings. The van der Waals surface area contributed by atoms with Crippen LogP contribution in [0.5, 0.6) is 0 Å².